The summed E-state index contributed by atoms with van der Waals surface area (Å²) in [7, 11) is 4.32. The summed E-state index contributed by atoms with van der Waals surface area (Å²) in [6.07, 6.45) is 4.20. The molecule has 0 N–H and O–H groups in total. The first-order chi connectivity index (χ1) is 7.66. The lowest BCUT2D eigenvalue weighted by Gasteiger charge is -2.36. The number of anilines is 1. The number of hydrogen-bond donors (Lipinski definition) is 0. The molecule has 0 amide bonds. The van der Waals surface area contributed by atoms with Gasteiger partial charge in [-0.2, -0.15) is 0 Å². The average molecular weight is 240 g/mol. The van der Waals surface area contributed by atoms with Gasteiger partial charge in [0, 0.05) is 25.0 Å². The molecule has 88 valence electrons. The standard InChI is InChI=1S/C12H18ClN3/c1-15-7-4-10(5-8-15)16(2)11-3-6-14-12(13)9-11/h3,6,9-10H,4-5,7-8H2,1-2H3. The largest absolute Gasteiger partial charge is 0.371 e. The molecule has 1 aromatic rings. The Kier molecular flexibility index (Phi) is 3.66. The van der Waals surface area contributed by atoms with Crippen LogP contribution in [0.2, 0.25) is 5.15 Å². The fourth-order valence-electron chi connectivity index (χ4n) is 2.20. The fraction of sp³-hybridized carbons (Fsp3) is 0.583. The summed E-state index contributed by atoms with van der Waals surface area (Å²) in [6.45, 7) is 2.35. The molecule has 0 atom stereocenters. The van der Waals surface area contributed by atoms with Gasteiger partial charge in [-0.15, -0.1) is 0 Å². The van der Waals surface area contributed by atoms with E-state index in [0.29, 0.717) is 11.2 Å². The highest BCUT2D eigenvalue weighted by Gasteiger charge is 2.20. The maximum Gasteiger partial charge on any atom is 0.131 e. The first kappa shape index (κ1) is 11.7. The van der Waals surface area contributed by atoms with Crippen molar-refractivity contribution < 1.29 is 0 Å². The highest BCUT2D eigenvalue weighted by atomic mass is 35.5. The lowest BCUT2D eigenvalue weighted by molar-refractivity contribution is 0.253. The molecule has 0 bridgehead atoms. The van der Waals surface area contributed by atoms with Gasteiger partial charge in [-0.1, -0.05) is 11.6 Å². The molecule has 0 unspecified atom stereocenters. The minimum Gasteiger partial charge on any atom is -0.371 e. The Bertz CT molecular complexity index is 348. The molecular formula is C12H18ClN3. The van der Waals surface area contributed by atoms with E-state index in [1.54, 1.807) is 6.20 Å². The molecule has 4 heteroatoms. The Balaban J connectivity index is 2.04. The maximum atomic E-state index is 5.91. The van der Waals surface area contributed by atoms with E-state index in [1.807, 2.05) is 12.1 Å². The lowest BCUT2D eigenvalue weighted by atomic mass is 10.0. The van der Waals surface area contributed by atoms with Gasteiger partial charge < -0.3 is 9.80 Å². The molecule has 3 nitrogen and oxygen atoms in total. The summed E-state index contributed by atoms with van der Waals surface area (Å²) >= 11 is 5.91. The van der Waals surface area contributed by atoms with Crippen LogP contribution in [0.5, 0.6) is 0 Å². The quantitative estimate of drug-likeness (QED) is 0.739. The van der Waals surface area contributed by atoms with E-state index in [4.69, 9.17) is 11.6 Å². The van der Waals surface area contributed by atoms with Crippen LogP contribution in [0.1, 0.15) is 12.8 Å². The Morgan fingerprint density at radius 1 is 1.44 bits per heavy atom. The van der Waals surface area contributed by atoms with Gasteiger partial charge in [0.05, 0.1) is 0 Å². The van der Waals surface area contributed by atoms with Crippen LogP contribution in [0.4, 0.5) is 5.69 Å². The first-order valence-corrected chi connectivity index (χ1v) is 6.07. The van der Waals surface area contributed by atoms with Gasteiger partial charge in [-0.25, -0.2) is 4.98 Å². The molecule has 1 aromatic heterocycles. The smallest absolute Gasteiger partial charge is 0.131 e. The number of halogens is 1. The minimum absolute atomic E-state index is 0.567. The Morgan fingerprint density at radius 3 is 2.75 bits per heavy atom. The topological polar surface area (TPSA) is 19.4 Å². The molecule has 2 heterocycles. The van der Waals surface area contributed by atoms with Crippen LogP contribution >= 0.6 is 11.6 Å². The van der Waals surface area contributed by atoms with Gasteiger partial charge in [0.1, 0.15) is 5.15 Å². The van der Waals surface area contributed by atoms with Gasteiger partial charge in [0.2, 0.25) is 0 Å². The predicted molar refractivity (Wildman–Crippen MR) is 68.2 cm³/mol. The third-order valence-corrected chi connectivity index (χ3v) is 3.56. The van der Waals surface area contributed by atoms with Gasteiger partial charge in [-0.3, -0.25) is 0 Å². The van der Waals surface area contributed by atoms with Gasteiger partial charge in [0.15, 0.2) is 0 Å². The van der Waals surface area contributed by atoms with E-state index in [0.717, 1.165) is 5.69 Å². The van der Waals surface area contributed by atoms with Crippen molar-refractivity contribution in [1.82, 2.24) is 9.88 Å². The van der Waals surface area contributed by atoms with Crippen LogP contribution in [-0.4, -0.2) is 43.1 Å². The molecular weight excluding hydrogens is 222 g/mol. The second kappa shape index (κ2) is 5.02. The number of pyridine rings is 1. The minimum atomic E-state index is 0.567. The van der Waals surface area contributed by atoms with Crippen molar-refractivity contribution in [2.24, 2.45) is 0 Å². The zero-order valence-electron chi connectivity index (χ0n) is 9.86. The summed E-state index contributed by atoms with van der Waals surface area (Å²) in [5.74, 6) is 0. The fourth-order valence-corrected chi connectivity index (χ4v) is 2.37. The van der Waals surface area contributed by atoms with Crippen LogP contribution in [-0.2, 0) is 0 Å². The van der Waals surface area contributed by atoms with E-state index >= 15 is 0 Å². The monoisotopic (exact) mass is 239 g/mol. The molecule has 0 radical (unpaired) electrons. The number of piperidine rings is 1. The zero-order chi connectivity index (χ0) is 11.5. The van der Waals surface area contributed by atoms with Gasteiger partial charge >= 0.3 is 0 Å². The number of hydrogen-bond acceptors (Lipinski definition) is 3. The number of likely N-dealkylation sites (tertiary alicyclic amines) is 1. The second-order valence-corrected chi connectivity index (χ2v) is 4.87. The van der Waals surface area contributed by atoms with Crippen molar-refractivity contribution in [3.05, 3.63) is 23.5 Å². The maximum absolute atomic E-state index is 5.91. The molecule has 0 spiro atoms. The molecule has 1 fully saturated rings. The second-order valence-electron chi connectivity index (χ2n) is 4.48. The summed E-state index contributed by atoms with van der Waals surface area (Å²) in [6, 6.07) is 4.57. The number of aromatic nitrogens is 1. The van der Waals surface area contributed by atoms with Crippen molar-refractivity contribution in [3.63, 3.8) is 0 Å². The molecule has 2 rings (SSSR count). The lowest BCUT2D eigenvalue weighted by Crippen LogP contribution is -2.41. The Morgan fingerprint density at radius 2 is 2.12 bits per heavy atom. The normalized spacial score (nSPS) is 18.7. The van der Waals surface area contributed by atoms with E-state index in [-0.39, 0.29) is 0 Å². The number of rotatable bonds is 2. The van der Waals surface area contributed by atoms with Crippen LogP contribution in [0.3, 0.4) is 0 Å². The van der Waals surface area contributed by atoms with Crippen molar-refractivity contribution in [2.75, 3.05) is 32.1 Å². The number of nitrogens with zero attached hydrogens (tertiary/aromatic N) is 3. The predicted octanol–water partition coefficient (Wildman–Crippen LogP) is 2.27. The first-order valence-electron chi connectivity index (χ1n) is 5.70. The summed E-state index contributed by atoms with van der Waals surface area (Å²) in [5, 5.41) is 0.567. The molecule has 1 aliphatic heterocycles. The average Bonchev–Trinajstić information content (AvgIpc) is 2.29. The van der Waals surface area contributed by atoms with E-state index in [2.05, 4.69) is 28.9 Å². The summed E-state index contributed by atoms with van der Waals surface area (Å²) in [5.41, 5.74) is 1.16. The van der Waals surface area contributed by atoms with Gasteiger partial charge in [-0.05, 0) is 45.1 Å². The molecule has 0 aliphatic carbocycles. The van der Waals surface area contributed by atoms with E-state index in [1.165, 1.54) is 25.9 Å². The van der Waals surface area contributed by atoms with Crippen LogP contribution in [0, 0.1) is 0 Å². The van der Waals surface area contributed by atoms with Crippen molar-refractivity contribution in [2.45, 2.75) is 18.9 Å². The van der Waals surface area contributed by atoms with Crippen LogP contribution < -0.4 is 4.90 Å². The highest BCUT2D eigenvalue weighted by molar-refractivity contribution is 6.29. The third kappa shape index (κ3) is 2.66. The van der Waals surface area contributed by atoms with Crippen LogP contribution in [0.15, 0.2) is 18.3 Å². The van der Waals surface area contributed by atoms with Crippen molar-refractivity contribution in [1.29, 1.82) is 0 Å². The summed E-state index contributed by atoms with van der Waals surface area (Å²) < 4.78 is 0. The molecule has 0 aromatic carbocycles. The Hall–Kier alpha value is -0.800. The molecule has 1 aliphatic rings. The van der Waals surface area contributed by atoms with Crippen LogP contribution in [0.25, 0.3) is 0 Å². The Labute approximate surface area is 102 Å². The van der Waals surface area contributed by atoms with Crippen molar-refractivity contribution >= 4 is 17.3 Å². The van der Waals surface area contributed by atoms with Gasteiger partial charge in [0.25, 0.3) is 0 Å². The highest BCUT2D eigenvalue weighted by Crippen LogP contribution is 2.22. The third-order valence-electron chi connectivity index (χ3n) is 3.35. The van der Waals surface area contributed by atoms with Crippen molar-refractivity contribution in [3.8, 4) is 0 Å². The molecule has 16 heavy (non-hydrogen) atoms. The molecule has 1 saturated heterocycles. The van der Waals surface area contributed by atoms with E-state index in [9.17, 15) is 0 Å². The van der Waals surface area contributed by atoms with E-state index < -0.39 is 0 Å². The SMILES string of the molecule is CN1CCC(N(C)c2ccnc(Cl)c2)CC1. The zero-order valence-corrected chi connectivity index (χ0v) is 10.6. The molecule has 0 saturated carbocycles. The summed E-state index contributed by atoms with van der Waals surface area (Å²) in [4.78, 5) is 8.71.